The summed E-state index contributed by atoms with van der Waals surface area (Å²) >= 11 is 10.8. The molecule has 8 heteroatoms. The molecule has 1 aromatic heterocycles. The molecule has 0 unspecified atom stereocenters. The zero-order valence-electron chi connectivity index (χ0n) is 8.50. The van der Waals surface area contributed by atoms with Gasteiger partial charge in [-0.15, -0.1) is 0 Å². The summed E-state index contributed by atoms with van der Waals surface area (Å²) in [6.45, 7) is 1.61. The van der Waals surface area contributed by atoms with Crippen molar-refractivity contribution in [2.75, 3.05) is 18.4 Å². The Kier molecular flexibility index (Phi) is 2.89. The predicted octanol–water partition coefficient (Wildman–Crippen LogP) is 2.48. The average Bonchev–Trinajstić information content (AvgIpc) is 2.95. The molecule has 17 heavy (non-hydrogen) atoms. The second-order valence-electron chi connectivity index (χ2n) is 3.46. The monoisotopic (exact) mass is 331 g/mol. The van der Waals surface area contributed by atoms with Gasteiger partial charge in [0.2, 0.25) is 0 Å². The highest BCUT2D eigenvalue weighted by atomic mass is 79.9. The molecule has 88 valence electrons. The van der Waals surface area contributed by atoms with Crippen molar-refractivity contribution in [3.8, 4) is 0 Å². The van der Waals surface area contributed by atoms with E-state index >= 15 is 0 Å². The Labute approximate surface area is 115 Å². The van der Waals surface area contributed by atoms with E-state index in [1.165, 1.54) is 0 Å². The molecule has 1 aliphatic heterocycles. The van der Waals surface area contributed by atoms with E-state index in [1.807, 2.05) is 6.07 Å². The SMILES string of the molecule is Clc1cc(Br)c2nsnc2c1NC1=NCCN1. The van der Waals surface area contributed by atoms with E-state index in [9.17, 15) is 0 Å². The molecular formula is C9H7BrClN5S. The minimum atomic E-state index is 0.591. The first-order valence-corrected chi connectivity index (χ1v) is 6.81. The minimum Gasteiger partial charge on any atom is -0.354 e. The summed E-state index contributed by atoms with van der Waals surface area (Å²) in [4.78, 5) is 4.26. The van der Waals surface area contributed by atoms with E-state index in [-0.39, 0.29) is 0 Å². The zero-order chi connectivity index (χ0) is 11.8. The second kappa shape index (κ2) is 4.40. The lowest BCUT2D eigenvalue weighted by Crippen LogP contribution is -2.26. The molecule has 0 saturated heterocycles. The molecule has 2 aromatic rings. The molecule has 0 bridgehead atoms. The van der Waals surface area contributed by atoms with Crippen LogP contribution in [0.1, 0.15) is 0 Å². The number of benzene rings is 1. The van der Waals surface area contributed by atoms with Crippen molar-refractivity contribution in [3.05, 3.63) is 15.6 Å². The van der Waals surface area contributed by atoms with Crippen LogP contribution in [0.25, 0.3) is 11.0 Å². The molecule has 3 rings (SSSR count). The molecule has 0 aliphatic carbocycles. The molecule has 0 amide bonds. The van der Waals surface area contributed by atoms with E-state index in [2.05, 4.69) is 40.3 Å². The van der Waals surface area contributed by atoms with Crippen LogP contribution in [-0.4, -0.2) is 27.8 Å². The van der Waals surface area contributed by atoms with Gasteiger partial charge >= 0.3 is 0 Å². The van der Waals surface area contributed by atoms with Crippen LogP contribution in [0.3, 0.4) is 0 Å². The van der Waals surface area contributed by atoms with Crippen LogP contribution >= 0.6 is 39.3 Å². The molecule has 1 aromatic carbocycles. The van der Waals surface area contributed by atoms with Crippen molar-refractivity contribution in [1.29, 1.82) is 0 Å². The fourth-order valence-corrected chi connectivity index (χ4v) is 3.16. The summed E-state index contributed by atoms with van der Waals surface area (Å²) in [5.41, 5.74) is 2.30. The maximum atomic E-state index is 6.21. The van der Waals surface area contributed by atoms with Gasteiger partial charge in [0.1, 0.15) is 11.0 Å². The van der Waals surface area contributed by atoms with E-state index in [1.54, 1.807) is 0 Å². The maximum Gasteiger partial charge on any atom is 0.196 e. The van der Waals surface area contributed by atoms with Gasteiger partial charge in [0.25, 0.3) is 0 Å². The summed E-state index contributed by atoms with van der Waals surface area (Å²) in [5, 5.41) is 6.87. The standard InChI is InChI=1S/C9H7BrClN5S/c10-4-3-5(11)7(8-6(4)15-17-16-8)14-9-12-1-2-13-9/h3H,1-2H2,(H2,12,13,14). The Morgan fingerprint density at radius 3 is 3.00 bits per heavy atom. The summed E-state index contributed by atoms with van der Waals surface area (Å²) < 4.78 is 9.32. The van der Waals surface area contributed by atoms with E-state index < -0.39 is 0 Å². The topological polar surface area (TPSA) is 62.2 Å². The van der Waals surface area contributed by atoms with Gasteiger partial charge in [0.05, 0.1) is 29.0 Å². The van der Waals surface area contributed by atoms with Gasteiger partial charge in [-0.1, -0.05) is 11.6 Å². The smallest absolute Gasteiger partial charge is 0.196 e. The van der Waals surface area contributed by atoms with Gasteiger partial charge in [-0.2, -0.15) is 8.75 Å². The first-order chi connectivity index (χ1) is 8.25. The summed E-state index contributed by atoms with van der Waals surface area (Å²) in [6.07, 6.45) is 0. The van der Waals surface area contributed by atoms with Crippen molar-refractivity contribution >= 4 is 61.9 Å². The lowest BCUT2D eigenvalue weighted by atomic mass is 10.2. The molecule has 1 aliphatic rings. The fraction of sp³-hybridized carbons (Fsp3) is 0.222. The Morgan fingerprint density at radius 1 is 1.41 bits per heavy atom. The summed E-state index contributed by atoms with van der Waals surface area (Å²) in [6, 6.07) is 1.81. The van der Waals surface area contributed by atoms with Crippen molar-refractivity contribution in [2.45, 2.75) is 0 Å². The fourth-order valence-electron chi connectivity index (χ4n) is 1.59. The molecule has 2 N–H and O–H groups in total. The second-order valence-corrected chi connectivity index (χ2v) is 5.25. The molecule has 2 heterocycles. The van der Waals surface area contributed by atoms with Gasteiger partial charge in [0, 0.05) is 11.0 Å². The van der Waals surface area contributed by atoms with Gasteiger partial charge in [-0.05, 0) is 22.0 Å². The van der Waals surface area contributed by atoms with Crippen molar-refractivity contribution < 1.29 is 0 Å². The number of fused-ring (bicyclic) bond motifs is 1. The number of aromatic nitrogens is 2. The number of aliphatic imine (C=N–C) groups is 1. The third-order valence-electron chi connectivity index (χ3n) is 2.36. The van der Waals surface area contributed by atoms with E-state index in [0.29, 0.717) is 5.02 Å². The van der Waals surface area contributed by atoms with Crippen molar-refractivity contribution in [1.82, 2.24) is 14.1 Å². The van der Waals surface area contributed by atoms with Gasteiger partial charge < -0.3 is 10.6 Å². The van der Waals surface area contributed by atoms with Crippen LogP contribution in [0.2, 0.25) is 5.02 Å². The number of nitrogens with one attached hydrogen (secondary N) is 2. The van der Waals surface area contributed by atoms with Crippen LogP contribution in [0.15, 0.2) is 15.5 Å². The first-order valence-electron chi connectivity index (χ1n) is 4.91. The van der Waals surface area contributed by atoms with Gasteiger partial charge in [-0.3, -0.25) is 4.99 Å². The molecule has 0 fully saturated rings. The van der Waals surface area contributed by atoms with Crippen LogP contribution in [0.4, 0.5) is 5.69 Å². The zero-order valence-corrected chi connectivity index (χ0v) is 11.7. The molecule has 0 radical (unpaired) electrons. The Balaban J connectivity index is 2.11. The molecule has 0 spiro atoms. The van der Waals surface area contributed by atoms with Crippen LogP contribution in [0, 0.1) is 0 Å². The third-order valence-corrected chi connectivity index (χ3v) is 3.79. The number of halogens is 2. The molecular weight excluding hydrogens is 326 g/mol. The lowest BCUT2D eigenvalue weighted by molar-refractivity contribution is 0.959. The third kappa shape index (κ3) is 1.98. The number of hydrogen-bond donors (Lipinski definition) is 2. The number of nitrogens with zero attached hydrogens (tertiary/aromatic N) is 3. The van der Waals surface area contributed by atoms with Gasteiger partial charge in [-0.25, -0.2) is 0 Å². The normalized spacial score (nSPS) is 14.8. The Bertz CT molecular complexity index is 611. The minimum absolute atomic E-state index is 0.591. The molecule has 0 atom stereocenters. The Hall–Kier alpha value is -0.920. The van der Waals surface area contributed by atoms with Crippen LogP contribution < -0.4 is 10.6 Å². The van der Waals surface area contributed by atoms with E-state index in [0.717, 1.165) is 52.0 Å². The van der Waals surface area contributed by atoms with Crippen molar-refractivity contribution in [3.63, 3.8) is 0 Å². The number of hydrogen-bond acceptors (Lipinski definition) is 6. The highest BCUT2D eigenvalue weighted by molar-refractivity contribution is 9.10. The average molecular weight is 333 g/mol. The predicted molar refractivity (Wildman–Crippen MR) is 74.1 cm³/mol. The largest absolute Gasteiger partial charge is 0.354 e. The number of rotatable bonds is 1. The van der Waals surface area contributed by atoms with Crippen LogP contribution in [-0.2, 0) is 0 Å². The quantitative estimate of drug-likeness (QED) is 0.842. The molecule has 5 nitrogen and oxygen atoms in total. The van der Waals surface area contributed by atoms with Crippen molar-refractivity contribution in [2.24, 2.45) is 4.99 Å². The van der Waals surface area contributed by atoms with Crippen LogP contribution in [0.5, 0.6) is 0 Å². The first kappa shape index (κ1) is 11.2. The maximum absolute atomic E-state index is 6.21. The van der Waals surface area contributed by atoms with Gasteiger partial charge in [0.15, 0.2) is 5.96 Å². The number of anilines is 1. The van der Waals surface area contributed by atoms with E-state index in [4.69, 9.17) is 11.6 Å². The highest BCUT2D eigenvalue weighted by Gasteiger charge is 2.16. The highest BCUT2D eigenvalue weighted by Crippen LogP contribution is 2.35. The molecule has 0 saturated carbocycles. The summed E-state index contributed by atoms with van der Waals surface area (Å²) in [5.74, 6) is 0.725. The number of guanidine groups is 1. The summed E-state index contributed by atoms with van der Waals surface area (Å²) in [7, 11) is 0. The lowest BCUT2D eigenvalue weighted by Gasteiger charge is -2.09. The Morgan fingerprint density at radius 2 is 2.24 bits per heavy atom.